The molecule has 0 aromatic heterocycles. The Labute approximate surface area is 126 Å². The Morgan fingerprint density at radius 2 is 2.19 bits per heavy atom. The molecule has 0 fully saturated rings. The van der Waals surface area contributed by atoms with Crippen molar-refractivity contribution in [2.75, 3.05) is 33.4 Å². The molecule has 0 saturated heterocycles. The van der Waals surface area contributed by atoms with Crippen LogP contribution in [-0.2, 0) is 11.3 Å². The Balaban J connectivity index is 2.40. The van der Waals surface area contributed by atoms with Crippen LogP contribution in [0.3, 0.4) is 0 Å². The molecule has 2 N–H and O–H groups in total. The first-order valence-corrected chi connectivity index (χ1v) is 7.42. The molecule has 0 aliphatic heterocycles. The van der Waals surface area contributed by atoms with Gasteiger partial charge in [-0.2, -0.15) is 0 Å². The van der Waals surface area contributed by atoms with Crippen molar-refractivity contribution in [1.29, 1.82) is 0 Å². The van der Waals surface area contributed by atoms with Crippen molar-refractivity contribution in [3.8, 4) is 5.75 Å². The Hall–Kier alpha value is -1.59. The summed E-state index contributed by atoms with van der Waals surface area (Å²) in [6, 6.07) is 7.63. The van der Waals surface area contributed by atoms with Gasteiger partial charge < -0.3 is 15.2 Å². The van der Waals surface area contributed by atoms with Crippen molar-refractivity contribution in [1.82, 2.24) is 10.2 Å². The van der Waals surface area contributed by atoms with Gasteiger partial charge in [0.15, 0.2) is 0 Å². The number of nitrogens with zero attached hydrogens (tertiary/aromatic N) is 1. The molecule has 21 heavy (non-hydrogen) atoms. The van der Waals surface area contributed by atoms with Crippen LogP contribution < -0.4 is 10.1 Å². The van der Waals surface area contributed by atoms with Gasteiger partial charge in [-0.05, 0) is 30.7 Å². The summed E-state index contributed by atoms with van der Waals surface area (Å²) in [5.41, 5.74) is 1.00. The normalized spacial score (nSPS) is 10.7. The molecular weight excluding hydrogens is 268 g/mol. The summed E-state index contributed by atoms with van der Waals surface area (Å²) < 4.78 is 5.15. The number of rotatable bonds is 10. The first-order valence-electron chi connectivity index (χ1n) is 7.42. The number of carbonyl (C=O) groups excluding carboxylic acids is 1. The quantitative estimate of drug-likeness (QED) is 0.685. The van der Waals surface area contributed by atoms with Crippen molar-refractivity contribution >= 4 is 5.91 Å². The first kappa shape index (κ1) is 17.5. The lowest BCUT2D eigenvalue weighted by molar-refractivity contribution is -0.122. The Bertz CT molecular complexity index is 424. The Morgan fingerprint density at radius 1 is 1.38 bits per heavy atom. The highest BCUT2D eigenvalue weighted by atomic mass is 16.5. The van der Waals surface area contributed by atoms with E-state index in [1.807, 2.05) is 29.2 Å². The molecule has 0 spiro atoms. The van der Waals surface area contributed by atoms with Gasteiger partial charge in [0.25, 0.3) is 0 Å². The van der Waals surface area contributed by atoms with E-state index in [1.54, 1.807) is 7.11 Å². The van der Waals surface area contributed by atoms with Crippen molar-refractivity contribution in [3.63, 3.8) is 0 Å². The van der Waals surface area contributed by atoms with Gasteiger partial charge in [0.1, 0.15) is 5.75 Å². The number of hydrogen-bond acceptors (Lipinski definition) is 4. The second kappa shape index (κ2) is 10.2. The van der Waals surface area contributed by atoms with E-state index >= 15 is 0 Å². The van der Waals surface area contributed by atoms with Crippen molar-refractivity contribution < 1.29 is 14.6 Å². The molecule has 0 aliphatic rings. The number of ether oxygens (including phenoxy) is 1. The fourth-order valence-electron chi connectivity index (χ4n) is 2.04. The van der Waals surface area contributed by atoms with E-state index in [4.69, 9.17) is 9.84 Å². The second-order valence-corrected chi connectivity index (χ2v) is 4.98. The third-order valence-electron chi connectivity index (χ3n) is 3.24. The average Bonchev–Trinajstić information content (AvgIpc) is 2.51. The molecule has 5 heteroatoms. The maximum absolute atomic E-state index is 12.0. The molecular formula is C16H26N2O3. The second-order valence-electron chi connectivity index (χ2n) is 4.98. The maximum Gasteiger partial charge on any atom is 0.234 e. The number of hydrogen-bond donors (Lipinski definition) is 2. The van der Waals surface area contributed by atoms with Gasteiger partial charge in [-0.3, -0.25) is 9.69 Å². The molecule has 0 heterocycles. The van der Waals surface area contributed by atoms with E-state index in [0.29, 0.717) is 19.6 Å². The third kappa shape index (κ3) is 7.11. The predicted octanol–water partition coefficient (Wildman–Crippen LogP) is 1.41. The monoisotopic (exact) mass is 294 g/mol. The molecule has 0 unspecified atom stereocenters. The summed E-state index contributed by atoms with van der Waals surface area (Å²) in [6.45, 7) is 4.37. The molecule has 5 nitrogen and oxygen atoms in total. The highest BCUT2D eigenvalue weighted by Gasteiger charge is 2.09. The SMILES string of the molecule is CCCCN(CCO)CC(=O)NCc1cccc(OC)c1. The van der Waals surface area contributed by atoms with Crippen LogP contribution in [0.15, 0.2) is 24.3 Å². The smallest absolute Gasteiger partial charge is 0.234 e. The zero-order chi connectivity index (χ0) is 15.5. The molecule has 118 valence electrons. The number of carbonyl (C=O) groups is 1. The van der Waals surface area contributed by atoms with Gasteiger partial charge in [0.05, 0.1) is 20.3 Å². The molecule has 1 aromatic carbocycles. The van der Waals surface area contributed by atoms with Crippen LogP contribution in [0, 0.1) is 0 Å². The molecule has 1 rings (SSSR count). The fourth-order valence-corrected chi connectivity index (χ4v) is 2.04. The predicted molar refractivity (Wildman–Crippen MR) is 83.3 cm³/mol. The Kier molecular flexibility index (Phi) is 8.47. The summed E-state index contributed by atoms with van der Waals surface area (Å²) in [7, 11) is 1.62. The zero-order valence-corrected chi connectivity index (χ0v) is 13.0. The van der Waals surface area contributed by atoms with Crippen LogP contribution in [0.1, 0.15) is 25.3 Å². The number of aliphatic hydroxyl groups is 1. The van der Waals surface area contributed by atoms with E-state index in [9.17, 15) is 4.79 Å². The van der Waals surface area contributed by atoms with Crippen LogP contribution in [0.2, 0.25) is 0 Å². The minimum Gasteiger partial charge on any atom is -0.497 e. The maximum atomic E-state index is 12.0. The van der Waals surface area contributed by atoms with Crippen LogP contribution in [0.5, 0.6) is 5.75 Å². The molecule has 1 amide bonds. The van der Waals surface area contributed by atoms with Crippen LogP contribution in [0.25, 0.3) is 0 Å². The van der Waals surface area contributed by atoms with Gasteiger partial charge >= 0.3 is 0 Å². The van der Waals surface area contributed by atoms with Crippen LogP contribution in [0.4, 0.5) is 0 Å². The lowest BCUT2D eigenvalue weighted by Gasteiger charge is -2.20. The van der Waals surface area contributed by atoms with E-state index < -0.39 is 0 Å². The minimum atomic E-state index is -0.0256. The number of benzene rings is 1. The van der Waals surface area contributed by atoms with E-state index in [0.717, 1.165) is 30.7 Å². The highest BCUT2D eigenvalue weighted by Crippen LogP contribution is 2.12. The largest absolute Gasteiger partial charge is 0.497 e. The minimum absolute atomic E-state index is 0.0256. The first-order chi connectivity index (χ1) is 10.2. The molecule has 0 radical (unpaired) electrons. The van der Waals surface area contributed by atoms with Crippen LogP contribution >= 0.6 is 0 Å². The summed E-state index contributed by atoms with van der Waals surface area (Å²) in [6.07, 6.45) is 2.11. The zero-order valence-electron chi connectivity index (χ0n) is 13.0. The molecule has 0 saturated carbocycles. The number of amides is 1. The lowest BCUT2D eigenvalue weighted by Crippen LogP contribution is -2.38. The van der Waals surface area contributed by atoms with E-state index in [1.165, 1.54) is 0 Å². The van der Waals surface area contributed by atoms with Crippen LogP contribution in [-0.4, -0.2) is 49.3 Å². The number of methoxy groups -OCH3 is 1. The summed E-state index contributed by atoms with van der Waals surface area (Å²) in [5, 5.41) is 11.9. The summed E-state index contributed by atoms with van der Waals surface area (Å²) in [5.74, 6) is 0.758. The van der Waals surface area contributed by atoms with Gasteiger partial charge in [-0.25, -0.2) is 0 Å². The molecule has 0 bridgehead atoms. The molecule has 0 atom stereocenters. The van der Waals surface area contributed by atoms with E-state index in [2.05, 4.69) is 12.2 Å². The van der Waals surface area contributed by atoms with Gasteiger partial charge in [0, 0.05) is 13.1 Å². The fraction of sp³-hybridized carbons (Fsp3) is 0.562. The number of nitrogens with one attached hydrogen (secondary N) is 1. The van der Waals surface area contributed by atoms with Gasteiger partial charge in [-0.1, -0.05) is 25.5 Å². The standard InChI is InChI=1S/C16H26N2O3/c1-3-4-8-18(9-10-19)13-16(20)17-12-14-6-5-7-15(11-14)21-2/h5-7,11,19H,3-4,8-10,12-13H2,1-2H3,(H,17,20). The topological polar surface area (TPSA) is 61.8 Å². The highest BCUT2D eigenvalue weighted by molar-refractivity contribution is 5.78. The average molecular weight is 294 g/mol. The van der Waals surface area contributed by atoms with Crippen molar-refractivity contribution in [2.24, 2.45) is 0 Å². The van der Waals surface area contributed by atoms with Crippen molar-refractivity contribution in [2.45, 2.75) is 26.3 Å². The van der Waals surface area contributed by atoms with Gasteiger partial charge in [-0.15, -0.1) is 0 Å². The molecule has 0 aliphatic carbocycles. The van der Waals surface area contributed by atoms with Gasteiger partial charge in [0.2, 0.25) is 5.91 Å². The number of aliphatic hydroxyl groups excluding tert-OH is 1. The molecule has 1 aromatic rings. The lowest BCUT2D eigenvalue weighted by atomic mass is 10.2. The summed E-state index contributed by atoms with van der Waals surface area (Å²) in [4.78, 5) is 13.9. The number of unbranched alkanes of at least 4 members (excludes halogenated alkanes) is 1. The van der Waals surface area contributed by atoms with E-state index in [-0.39, 0.29) is 12.5 Å². The Morgan fingerprint density at radius 3 is 2.86 bits per heavy atom. The third-order valence-corrected chi connectivity index (χ3v) is 3.24. The summed E-state index contributed by atoms with van der Waals surface area (Å²) >= 11 is 0. The van der Waals surface area contributed by atoms with Crippen molar-refractivity contribution in [3.05, 3.63) is 29.8 Å².